The van der Waals surface area contributed by atoms with Gasteiger partial charge in [0.05, 0.1) is 11.9 Å². The molecule has 0 saturated heterocycles. The molecule has 0 spiro atoms. The highest BCUT2D eigenvalue weighted by molar-refractivity contribution is 7.92. The van der Waals surface area contributed by atoms with Crippen molar-refractivity contribution < 1.29 is 12.8 Å². The summed E-state index contributed by atoms with van der Waals surface area (Å²) in [6.07, 6.45) is 1.85. The second-order valence-electron chi connectivity index (χ2n) is 4.11. The Hall–Kier alpha value is -1.89. The first-order chi connectivity index (χ1) is 8.92. The number of aromatic nitrogens is 2. The molecule has 0 aliphatic rings. The number of sulfonamides is 1. The maximum absolute atomic E-state index is 13.1. The maximum Gasteiger partial charge on any atom is 0.278 e. The molecule has 0 fully saturated rings. The number of aryl methyl sites for hydroxylation is 2. The highest BCUT2D eigenvalue weighted by Crippen LogP contribution is 2.20. The Morgan fingerprint density at radius 3 is 2.79 bits per heavy atom. The number of anilines is 1. The number of hydrogen-bond acceptors (Lipinski definition) is 3. The number of hydrogen-bond donors (Lipinski definition) is 2. The zero-order chi connectivity index (χ0) is 14.0. The van der Waals surface area contributed by atoms with Crippen LogP contribution in [-0.2, 0) is 16.4 Å². The smallest absolute Gasteiger partial charge is 0.278 e. The van der Waals surface area contributed by atoms with Crippen molar-refractivity contribution in [2.75, 3.05) is 4.72 Å². The molecule has 0 radical (unpaired) electrons. The number of imidazole rings is 1. The van der Waals surface area contributed by atoms with Gasteiger partial charge in [-0.2, -0.15) is 8.42 Å². The molecule has 102 valence electrons. The molecule has 0 aliphatic carbocycles. The fourth-order valence-corrected chi connectivity index (χ4v) is 2.63. The van der Waals surface area contributed by atoms with Crippen LogP contribution in [0.5, 0.6) is 0 Å². The number of benzene rings is 1. The average Bonchev–Trinajstić information content (AvgIpc) is 2.83. The normalized spacial score (nSPS) is 11.5. The Bertz CT molecular complexity index is 695. The van der Waals surface area contributed by atoms with Gasteiger partial charge >= 0.3 is 0 Å². The van der Waals surface area contributed by atoms with Gasteiger partial charge in [0, 0.05) is 6.42 Å². The molecule has 2 rings (SSSR count). The SMILES string of the molecule is CCc1ncc(S(=O)(=O)Nc2cc(F)ccc2C)[nH]1. The van der Waals surface area contributed by atoms with E-state index in [1.165, 1.54) is 18.3 Å². The molecule has 19 heavy (non-hydrogen) atoms. The predicted molar refractivity (Wildman–Crippen MR) is 69.9 cm³/mol. The van der Waals surface area contributed by atoms with Crippen LogP contribution in [0.3, 0.4) is 0 Å². The molecule has 1 aromatic heterocycles. The average molecular weight is 283 g/mol. The summed E-state index contributed by atoms with van der Waals surface area (Å²) in [5.74, 6) is 0.0819. The van der Waals surface area contributed by atoms with E-state index in [9.17, 15) is 12.8 Å². The fourth-order valence-electron chi connectivity index (χ4n) is 1.56. The third kappa shape index (κ3) is 2.93. The highest BCUT2D eigenvalue weighted by atomic mass is 32.2. The van der Waals surface area contributed by atoms with Crippen LogP contribution in [0, 0.1) is 12.7 Å². The van der Waals surface area contributed by atoms with Crippen LogP contribution in [0.15, 0.2) is 29.4 Å². The standard InChI is InChI=1S/C12H14FN3O2S/c1-3-11-14-7-12(15-11)19(17,18)16-10-6-9(13)5-4-8(10)2/h4-7,16H,3H2,1-2H3,(H,14,15). The van der Waals surface area contributed by atoms with E-state index >= 15 is 0 Å². The lowest BCUT2D eigenvalue weighted by Crippen LogP contribution is -2.14. The van der Waals surface area contributed by atoms with Gasteiger partial charge in [0.15, 0.2) is 5.03 Å². The molecule has 1 aromatic carbocycles. The van der Waals surface area contributed by atoms with Gasteiger partial charge < -0.3 is 4.98 Å². The second-order valence-corrected chi connectivity index (χ2v) is 5.76. The van der Waals surface area contributed by atoms with Crippen LogP contribution in [0.25, 0.3) is 0 Å². The topological polar surface area (TPSA) is 74.8 Å². The van der Waals surface area contributed by atoms with Gasteiger partial charge in [0.2, 0.25) is 0 Å². The molecule has 0 saturated carbocycles. The Kier molecular flexibility index (Phi) is 3.57. The van der Waals surface area contributed by atoms with Crippen molar-refractivity contribution in [2.45, 2.75) is 25.3 Å². The molecule has 5 nitrogen and oxygen atoms in total. The number of halogens is 1. The quantitative estimate of drug-likeness (QED) is 0.903. The third-order valence-corrected chi connectivity index (χ3v) is 3.95. The van der Waals surface area contributed by atoms with Gasteiger partial charge in [-0.05, 0) is 24.6 Å². The van der Waals surface area contributed by atoms with Crippen molar-refractivity contribution in [1.82, 2.24) is 9.97 Å². The minimum Gasteiger partial charge on any atom is -0.332 e. The number of nitrogens with one attached hydrogen (secondary N) is 2. The lowest BCUT2D eigenvalue weighted by molar-refractivity contribution is 0.597. The van der Waals surface area contributed by atoms with Crippen LogP contribution in [0.1, 0.15) is 18.3 Å². The molecule has 7 heteroatoms. The third-order valence-electron chi connectivity index (χ3n) is 2.67. The molecular weight excluding hydrogens is 269 g/mol. The van der Waals surface area contributed by atoms with Crippen molar-refractivity contribution in [2.24, 2.45) is 0 Å². The van der Waals surface area contributed by atoms with Crippen molar-refractivity contribution >= 4 is 15.7 Å². The maximum atomic E-state index is 13.1. The lowest BCUT2D eigenvalue weighted by atomic mass is 10.2. The van der Waals surface area contributed by atoms with Gasteiger partial charge in [-0.25, -0.2) is 9.37 Å². The number of nitrogens with zero attached hydrogens (tertiary/aromatic N) is 1. The van der Waals surface area contributed by atoms with E-state index in [-0.39, 0.29) is 10.7 Å². The number of rotatable bonds is 4. The molecule has 0 amide bonds. The first-order valence-electron chi connectivity index (χ1n) is 5.75. The molecular formula is C12H14FN3O2S. The van der Waals surface area contributed by atoms with Crippen LogP contribution < -0.4 is 4.72 Å². The van der Waals surface area contributed by atoms with Crippen molar-refractivity contribution in [3.8, 4) is 0 Å². The van der Waals surface area contributed by atoms with E-state index in [0.29, 0.717) is 17.8 Å². The van der Waals surface area contributed by atoms with Crippen molar-refractivity contribution in [3.05, 3.63) is 41.6 Å². The van der Waals surface area contributed by atoms with E-state index in [0.717, 1.165) is 6.07 Å². The zero-order valence-corrected chi connectivity index (χ0v) is 11.4. The van der Waals surface area contributed by atoms with Crippen LogP contribution >= 0.6 is 0 Å². The summed E-state index contributed by atoms with van der Waals surface area (Å²) in [5, 5.41) is -0.0342. The Morgan fingerprint density at radius 1 is 1.42 bits per heavy atom. The molecule has 0 bridgehead atoms. The largest absolute Gasteiger partial charge is 0.332 e. The molecule has 1 heterocycles. The van der Waals surface area contributed by atoms with E-state index < -0.39 is 15.8 Å². The molecule has 0 atom stereocenters. The summed E-state index contributed by atoms with van der Waals surface area (Å²) in [6.45, 7) is 3.56. The fraction of sp³-hybridized carbons (Fsp3) is 0.250. The van der Waals surface area contributed by atoms with Crippen molar-refractivity contribution in [3.63, 3.8) is 0 Å². The minimum absolute atomic E-state index is 0.0342. The van der Waals surface area contributed by atoms with Gasteiger partial charge in [-0.15, -0.1) is 0 Å². The van der Waals surface area contributed by atoms with Crippen LogP contribution in [0.4, 0.5) is 10.1 Å². The first-order valence-corrected chi connectivity index (χ1v) is 7.23. The van der Waals surface area contributed by atoms with E-state index in [2.05, 4.69) is 14.7 Å². The summed E-state index contributed by atoms with van der Waals surface area (Å²) < 4.78 is 39.6. The summed E-state index contributed by atoms with van der Waals surface area (Å²) in [6, 6.07) is 3.93. The van der Waals surface area contributed by atoms with E-state index in [1.807, 2.05) is 6.92 Å². The van der Waals surface area contributed by atoms with Gasteiger partial charge in [-0.3, -0.25) is 4.72 Å². The number of H-pyrrole nitrogens is 1. The summed E-state index contributed by atoms with van der Waals surface area (Å²) in [7, 11) is -3.78. The summed E-state index contributed by atoms with van der Waals surface area (Å²) in [5.41, 5.74) is 0.854. The molecule has 2 aromatic rings. The second kappa shape index (κ2) is 5.00. The zero-order valence-electron chi connectivity index (χ0n) is 10.6. The van der Waals surface area contributed by atoms with E-state index in [4.69, 9.17) is 0 Å². The Morgan fingerprint density at radius 2 is 2.16 bits per heavy atom. The Balaban J connectivity index is 2.33. The van der Waals surface area contributed by atoms with Crippen molar-refractivity contribution in [1.29, 1.82) is 0 Å². The first kappa shape index (κ1) is 13.5. The summed E-state index contributed by atoms with van der Waals surface area (Å²) in [4.78, 5) is 6.64. The van der Waals surface area contributed by atoms with Gasteiger partial charge in [-0.1, -0.05) is 13.0 Å². The highest BCUT2D eigenvalue weighted by Gasteiger charge is 2.18. The lowest BCUT2D eigenvalue weighted by Gasteiger charge is -2.09. The van der Waals surface area contributed by atoms with E-state index in [1.54, 1.807) is 6.92 Å². The predicted octanol–water partition coefficient (Wildman–Crippen LogP) is 2.22. The molecule has 0 aliphatic heterocycles. The number of aromatic amines is 1. The minimum atomic E-state index is -3.78. The van der Waals surface area contributed by atoms with Gasteiger partial charge in [0.1, 0.15) is 11.6 Å². The Labute approximate surface area is 110 Å². The molecule has 0 unspecified atom stereocenters. The monoisotopic (exact) mass is 283 g/mol. The van der Waals surface area contributed by atoms with Gasteiger partial charge in [0.25, 0.3) is 10.0 Å². The van der Waals surface area contributed by atoms with Crippen LogP contribution in [-0.4, -0.2) is 18.4 Å². The molecule has 2 N–H and O–H groups in total. The van der Waals surface area contributed by atoms with Crippen LogP contribution in [0.2, 0.25) is 0 Å². The summed E-state index contributed by atoms with van der Waals surface area (Å²) >= 11 is 0.